The van der Waals surface area contributed by atoms with Gasteiger partial charge in [0.2, 0.25) is 0 Å². The lowest BCUT2D eigenvalue weighted by atomic mass is 10.2. The standard InChI is InChI=1S/C12H13N5O2/c18-12-13-3-5-19-4-1-2-9-11-8(7-14-17-11)6-10(15-9)16-12/h1-2,6-7H,3-5H2,(H,14,17)(H2,13,15,16,18)/b2-1-. The first-order chi connectivity index (χ1) is 9.33. The Morgan fingerprint density at radius 3 is 3.26 bits per heavy atom. The molecule has 3 rings (SSSR count). The number of aromatic nitrogens is 3. The molecule has 3 N–H and O–H groups in total. The molecule has 0 fully saturated rings. The van der Waals surface area contributed by atoms with Gasteiger partial charge in [0.15, 0.2) is 0 Å². The van der Waals surface area contributed by atoms with E-state index in [2.05, 4.69) is 25.8 Å². The molecule has 0 radical (unpaired) electrons. The summed E-state index contributed by atoms with van der Waals surface area (Å²) < 4.78 is 5.34. The first-order valence-corrected chi connectivity index (χ1v) is 5.96. The molecule has 1 aliphatic rings. The Bertz CT molecular complexity index is 634. The summed E-state index contributed by atoms with van der Waals surface area (Å²) in [5.41, 5.74) is 1.55. The predicted molar refractivity (Wildman–Crippen MR) is 70.8 cm³/mol. The van der Waals surface area contributed by atoms with Crippen LogP contribution in [0.4, 0.5) is 10.6 Å². The molecule has 2 bridgehead atoms. The Kier molecular flexibility index (Phi) is 3.11. The largest absolute Gasteiger partial charge is 0.376 e. The number of hydrogen-bond acceptors (Lipinski definition) is 4. The lowest BCUT2D eigenvalue weighted by Crippen LogP contribution is -2.32. The summed E-state index contributed by atoms with van der Waals surface area (Å²) in [6.45, 7) is 1.41. The average molecular weight is 259 g/mol. The Morgan fingerprint density at radius 2 is 2.32 bits per heavy atom. The van der Waals surface area contributed by atoms with Crippen LogP contribution < -0.4 is 10.6 Å². The summed E-state index contributed by atoms with van der Waals surface area (Å²) in [6, 6.07) is 1.48. The minimum absolute atomic E-state index is 0.297. The maximum Gasteiger partial charge on any atom is 0.320 e. The molecule has 0 spiro atoms. The number of aromatic amines is 1. The third kappa shape index (κ3) is 2.55. The van der Waals surface area contributed by atoms with Gasteiger partial charge >= 0.3 is 6.03 Å². The van der Waals surface area contributed by atoms with Gasteiger partial charge in [0.05, 0.1) is 30.6 Å². The van der Waals surface area contributed by atoms with E-state index in [1.165, 1.54) is 0 Å². The van der Waals surface area contributed by atoms with Crippen LogP contribution in [0, 0.1) is 0 Å². The zero-order valence-corrected chi connectivity index (χ0v) is 10.1. The van der Waals surface area contributed by atoms with Crippen molar-refractivity contribution in [3.8, 4) is 0 Å². The summed E-state index contributed by atoms with van der Waals surface area (Å²) in [7, 11) is 0. The van der Waals surface area contributed by atoms with Crippen LogP contribution in [0.2, 0.25) is 0 Å². The number of amides is 2. The molecule has 0 atom stereocenters. The average Bonchev–Trinajstić information content (AvgIpc) is 2.84. The summed E-state index contributed by atoms with van der Waals surface area (Å²) in [5, 5.41) is 13.1. The zero-order chi connectivity index (χ0) is 13.1. The van der Waals surface area contributed by atoms with Crippen molar-refractivity contribution in [2.75, 3.05) is 25.1 Å². The highest BCUT2D eigenvalue weighted by Gasteiger charge is 2.09. The highest BCUT2D eigenvalue weighted by atomic mass is 16.5. The summed E-state index contributed by atoms with van der Waals surface area (Å²) in [4.78, 5) is 16.0. The molecule has 0 aliphatic carbocycles. The number of rotatable bonds is 0. The van der Waals surface area contributed by atoms with Gasteiger partial charge in [-0.3, -0.25) is 10.4 Å². The van der Waals surface area contributed by atoms with E-state index >= 15 is 0 Å². The van der Waals surface area contributed by atoms with E-state index in [0.717, 1.165) is 16.6 Å². The van der Waals surface area contributed by atoms with Crippen molar-refractivity contribution in [3.63, 3.8) is 0 Å². The molecule has 19 heavy (non-hydrogen) atoms. The topological polar surface area (TPSA) is 91.9 Å². The molecule has 0 saturated heterocycles. The second-order valence-corrected chi connectivity index (χ2v) is 4.09. The number of hydrogen-bond donors (Lipinski definition) is 3. The SMILES string of the molecule is O=C1NCCOC/C=C\c2nc(cc3cn[nH]c23)N1. The number of H-pyrrole nitrogens is 1. The van der Waals surface area contributed by atoms with Gasteiger partial charge in [0.1, 0.15) is 5.82 Å². The second-order valence-electron chi connectivity index (χ2n) is 4.09. The quantitative estimate of drug-likeness (QED) is 0.661. The van der Waals surface area contributed by atoms with Gasteiger partial charge in [-0.2, -0.15) is 5.10 Å². The Morgan fingerprint density at radius 1 is 1.37 bits per heavy atom. The number of fused-ring (bicyclic) bond motifs is 4. The van der Waals surface area contributed by atoms with Gasteiger partial charge in [0, 0.05) is 11.9 Å². The van der Waals surface area contributed by atoms with Gasteiger partial charge < -0.3 is 10.1 Å². The molecule has 0 saturated carbocycles. The van der Waals surface area contributed by atoms with Crippen LogP contribution in [0.25, 0.3) is 17.0 Å². The van der Waals surface area contributed by atoms with Gasteiger partial charge in [0.25, 0.3) is 0 Å². The van der Waals surface area contributed by atoms with Crippen LogP contribution in [-0.2, 0) is 4.74 Å². The second kappa shape index (κ2) is 5.07. The Hall–Kier alpha value is -2.41. The normalized spacial score (nSPS) is 18.0. The van der Waals surface area contributed by atoms with E-state index in [0.29, 0.717) is 25.6 Å². The Labute approximate surface area is 109 Å². The number of nitrogens with one attached hydrogen (secondary N) is 3. The molecule has 1 aliphatic heterocycles. The predicted octanol–water partition coefficient (Wildman–Crippen LogP) is 1.12. The van der Waals surface area contributed by atoms with E-state index in [4.69, 9.17) is 4.74 Å². The van der Waals surface area contributed by atoms with Crippen LogP contribution in [0.5, 0.6) is 0 Å². The molecule has 7 nitrogen and oxygen atoms in total. The third-order valence-corrected chi connectivity index (χ3v) is 2.72. The summed E-state index contributed by atoms with van der Waals surface area (Å²) in [6.07, 6.45) is 5.43. The molecular formula is C12H13N5O2. The fourth-order valence-corrected chi connectivity index (χ4v) is 1.87. The zero-order valence-electron chi connectivity index (χ0n) is 10.1. The smallest absolute Gasteiger partial charge is 0.320 e. The molecule has 0 aromatic carbocycles. The minimum Gasteiger partial charge on any atom is -0.376 e. The lowest BCUT2D eigenvalue weighted by Gasteiger charge is -2.09. The molecule has 2 aromatic rings. The molecule has 2 aromatic heterocycles. The van der Waals surface area contributed by atoms with Crippen molar-refractivity contribution in [1.29, 1.82) is 0 Å². The molecule has 7 heteroatoms. The summed E-state index contributed by atoms with van der Waals surface area (Å²) >= 11 is 0. The highest BCUT2D eigenvalue weighted by Crippen LogP contribution is 2.19. The maximum absolute atomic E-state index is 11.6. The number of pyridine rings is 1. The van der Waals surface area contributed by atoms with E-state index in [1.54, 1.807) is 12.3 Å². The van der Waals surface area contributed by atoms with E-state index in [-0.39, 0.29) is 6.03 Å². The summed E-state index contributed by atoms with van der Waals surface area (Å²) in [5.74, 6) is 0.493. The number of carbonyl (C=O) groups is 1. The van der Waals surface area contributed by atoms with Gasteiger partial charge in [-0.25, -0.2) is 9.78 Å². The van der Waals surface area contributed by atoms with E-state index < -0.39 is 0 Å². The number of nitrogens with zero attached hydrogens (tertiary/aromatic N) is 2. The van der Waals surface area contributed by atoms with Crippen LogP contribution in [0.1, 0.15) is 5.69 Å². The van der Waals surface area contributed by atoms with Crippen LogP contribution in [0.3, 0.4) is 0 Å². The van der Waals surface area contributed by atoms with Gasteiger partial charge in [-0.1, -0.05) is 6.08 Å². The monoisotopic (exact) mass is 259 g/mol. The van der Waals surface area contributed by atoms with Crippen LogP contribution in [-0.4, -0.2) is 41.0 Å². The number of urea groups is 1. The van der Waals surface area contributed by atoms with Crippen molar-refractivity contribution < 1.29 is 9.53 Å². The third-order valence-electron chi connectivity index (χ3n) is 2.72. The molecular weight excluding hydrogens is 246 g/mol. The molecule has 3 heterocycles. The number of anilines is 1. The minimum atomic E-state index is -0.297. The first-order valence-electron chi connectivity index (χ1n) is 5.96. The van der Waals surface area contributed by atoms with Crippen molar-refractivity contribution in [2.45, 2.75) is 0 Å². The van der Waals surface area contributed by atoms with Gasteiger partial charge in [-0.15, -0.1) is 0 Å². The molecule has 2 amide bonds. The van der Waals surface area contributed by atoms with Crippen molar-refractivity contribution in [1.82, 2.24) is 20.5 Å². The van der Waals surface area contributed by atoms with E-state index in [9.17, 15) is 4.79 Å². The Balaban J connectivity index is 2.04. The van der Waals surface area contributed by atoms with Crippen LogP contribution >= 0.6 is 0 Å². The van der Waals surface area contributed by atoms with E-state index in [1.807, 2.05) is 12.2 Å². The van der Waals surface area contributed by atoms with Crippen molar-refractivity contribution in [3.05, 3.63) is 24.0 Å². The fourth-order valence-electron chi connectivity index (χ4n) is 1.87. The van der Waals surface area contributed by atoms with Crippen molar-refractivity contribution >= 4 is 28.8 Å². The highest BCUT2D eigenvalue weighted by molar-refractivity contribution is 5.93. The maximum atomic E-state index is 11.6. The lowest BCUT2D eigenvalue weighted by molar-refractivity contribution is 0.165. The number of carbonyl (C=O) groups excluding carboxylic acids is 1. The molecule has 98 valence electrons. The first kappa shape index (κ1) is 11.7. The fraction of sp³-hybridized carbons (Fsp3) is 0.250. The van der Waals surface area contributed by atoms with Crippen LogP contribution in [0.15, 0.2) is 18.3 Å². The molecule has 0 unspecified atom stereocenters. The number of ether oxygens (including phenoxy) is 1. The van der Waals surface area contributed by atoms with Crippen molar-refractivity contribution in [2.24, 2.45) is 0 Å². The van der Waals surface area contributed by atoms with Gasteiger partial charge in [-0.05, 0) is 12.1 Å².